The highest BCUT2D eigenvalue weighted by Crippen LogP contribution is 2.31. The minimum Gasteiger partial charge on any atom is -0.491 e. The Kier molecular flexibility index (Phi) is 5.73. The topological polar surface area (TPSA) is 69.2 Å². The van der Waals surface area contributed by atoms with Crippen LogP contribution < -0.4 is 19.6 Å². The van der Waals surface area contributed by atoms with Gasteiger partial charge < -0.3 is 14.2 Å². The van der Waals surface area contributed by atoms with Crippen molar-refractivity contribution in [2.75, 3.05) is 6.79 Å². The summed E-state index contributed by atoms with van der Waals surface area (Å²) in [4.78, 5) is 11.9. The predicted octanol–water partition coefficient (Wildman–Crippen LogP) is 3.29. The van der Waals surface area contributed by atoms with E-state index in [2.05, 4.69) is 10.5 Å². The second kappa shape index (κ2) is 8.38. The van der Waals surface area contributed by atoms with Crippen molar-refractivity contribution in [1.82, 2.24) is 5.43 Å². The molecule has 136 valence electrons. The zero-order valence-corrected chi connectivity index (χ0v) is 14.9. The fraction of sp³-hybridized carbons (Fsp3) is 0.300. The lowest BCUT2D eigenvalue weighted by molar-refractivity contribution is -0.121. The summed E-state index contributed by atoms with van der Waals surface area (Å²) in [5, 5.41) is 3.99. The first-order chi connectivity index (χ1) is 12.6. The van der Waals surface area contributed by atoms with Crippen molar-refractivity contribution >= 4 is 12.1 Å². The first kappa shape index (κ1) is 17.8. The number of rotatable bonds is 7. The molecule has 0 aromatic heterocycles. The van der Waals surface area contributed by atoms with Gasteiger partial charge in [0.05, 0.1) is 12.3 Å². The van der Waals surface area contributed by atoms with E-state index in [4.69, 9.17) is 14.2 Å². The average molecular weight is 354 g/mol. The third-order valence-electron chi connectivity index (χ3n) is 3.74. The molecular weight excluding hydrogens is 332 g/mol. The fourth-order valence-electron chi connectivity index (χ4n) is 2.49. The maximum atomic E-state index is 11.9. The van der Waals surface area contributed by atoms with Crippen LogP contribution in [0.5, 0.6) is 17.2 Å². The molecule has 6 nitrogen and oxygen atoms in total. The molecule has 0 atom stereocenters. The molecule has 0 saturated heterocycles. The number of hydrogen-bond donors (Lipinski definition) is 1. The van der Waals surface area contributed by atoms with E-state index >= 15 is 0 Å². The van der Waals surface area contributed by atoms with Crippen molar-refractivity contribution in [2.45, 2.75) is 32.8 Å². The van der Waals surface area contributed by atoms with E-state index in [-0.39, 0.29) is 18.8 Å². The predicted molar refractivity (Wildman–Crippen MR) is 98.8 cm³/mol. The van der Waals surface area contributed by atoms with Crippen molar-refractivity contribution in [1.29, 1.82) is 0 Å². The molecule has 0 bridgehead atoms. The second-order valence-electron chi connectivity index (χ2n) is 6.22. The Morgan fingerprint density at radius 2 is 1.96 bits per heavy atom. The van der Waals surface area contributed by atoms with Gasteiger partial charge >= 0.3 is 0 Å². The number of hydrazone groups is 1. The molecule has 0 saturated carbocycles. The molecule has 0 aliphatic carbocycles. The lowest BCUT2D eigenvalue weighted by Crippen LogP contribution is -2.17. The SMILES string of the molecule is CC(C)Oc1ccc(CCC(=O)NN=Cc2ccc3c(c2)OCO3)cc1. The average Bonchev–Trinajstić information content (AvgIpc) is 3.08. The molecule has 2 aromatic rings. The van der Waals surface area contributed by atoms with E-state index in [1.54, 1.807) is 6.21 Å². The lowest BCUT2D eigenvalue weighted by Gasteiger charge is -2.09. The Bertz CT molecular complexity index is 785. The Morgan fingerprint density at radius 1 is 1.19 bits per heavy atom. The Labute approximate surface area is 152 Å². The van der Waals surface area contributed by atoms with Crippen LogP contribution in [-0.2, 0) is 11.2 Å². The maximum absolute atomic E-state index is 11.9. The number of benzene rings is 2. The summed E-state index contributed by atoms with van der Waals surface area (Å²) in [6.45, 7) is 4.21. The number of amides is 1. The molecule has 3 rings (SSSR count). The summed E-state index contributed by atoms with van der Waals surface area (Å²) >= 11 is 0. The number of carbonyl (C=O) groups is 1. The van der Waals surface area contributed by atoms with E-state index in [0.717, 1.165) is 22.6 Å². The molecule has 26 heavy (non-hydrogen) atoms. The molecule has 0 radical (unpaired) electrons. The third-order valence-corrected chi connectivity index (χ3v) is 3.74. The van der Waals surface area contributed by atoms with Crippen molar-refractivity contribution < 1.29 is 19.0 Å². The van der Waals surface area contributed by atoms with Gasteiger partial charge in [0.15, 0.2) is 11.5 Å². The minimum atomic E-state index is -0.135. The highest BCUT2D eigenvalue weighted by molar-refractivity contribution is 5.83. The lowest BCUT2D eigenvalue weighted by atomic mass is 10.1. The zero-order chi connectivity index (χ0) is 18.4. The van der Waals surface area contributed by atoms with Gasteiger partial charge in [0.25, 0.3) is 0 Å². The van der Waals surface area contributed by atoms with Gasteiger partial charge in [-0.3, -0.25) is 4.79 Å². The van der Waals surface area contributed by atoms with Gasteiger partial charge in [0.1, 0.15) is 5.75 Å². The largest absolute Gasteiger partial charge is 0.491 e. The first-order valence-electron chi connectivity index (χ1n) is 8.57. The number of carbonyl (C=O) groups excluding carboxylic acids is 1. The van der Waals surface area contributed by atoms with Gasteiger partial charge in [-0.2, -0.15) is 5.10 Å². The fourth-order valence-corrected chi connectivity index (χ4v) is 2.49. The van der Waals surface area contributed by atoms with Crippen LogP contribution in [0.15, 0.2) is 47.6 Å². The van der Waals surface area contributed by atoms with Gasteiger partial charge in [0.2, 0.25) is 12.7 Å². The van der Waals surface area contributed by atoms with Crippen LogP contribution >= 0.6 is 0 Å². The minimum absolute atomic E-state index is 0.135. The normalized spacial score (nSPS) is 12.6. The smallest absolute Gasteiger partial charge is 0.240 e. The molecule has 1 amide bonds. The van der Waals surface area contributed by atoms with Gasteiger partial charge in [-0.15, -0.1) is 0 Å². The van der Waals surface area contributed by atoms with Gasteiger partial charge in [-0.25, -0.2) is 5.43 Å². The van der Waals surface area contributed by atoms with Crippen LogP contribution in [0, 0.1) is 0 Å². The van der Waals surface area contributed by atoms with Crippen LogP contribution in [0.4, 0.5) is 0 Å². The molecule has 1 aliphatic heterocycles. The van der Waals surface area contributed by atoms with E-state index in [1.165, 1.54) is 0 Å². The molecule has 0 fully saturated rings. The number of fused-ring (bicyclic) bond motifs is 1. The highest BCUT2D eigenvalue weighted by Gasteiger charge is 2.12. The Balaban J connectivity index is 1.44. The number of nitrogens with zero attached hydrogens (tertiary/aromatic N) is 1. The van der Waals surface area contributed by atoms with Gasteiger partial charge in [-0.1, -0.05) is 12.1 Å². The van der Waals surface area contributed by atoms with Crippen LogP contribution in [0.2, 0.25) is 0 Å². The van der Waals surface area contributed by atoms with Gasteiger partial charge in [-0.05, 0) is 61.7 Å². The summed E-state index contributed by atoms with van der Waals surface area (Å²) < 4.78 is 16.2. The molecule has 6 heteroatoms. The van der Waals surface area contributed by atoms with Gasteiger partial charge in [0, 0.05) is 6.42 Å². The third kappa shape index (κ3) is 4.99. The highest BCUT2D eigenvalue weighted by atomic mass is 16.7. The monoisotopic (exact) mass is 354 g/mol. The van der Waals surface area contributed by atoms with Crippen molar-refractivity contribution in [3.8, 4) is 17.2 Å². The zero-order valence-electron chi connectivity index (χ0n) is 14.9. The van der Waals surface area contributed by atoms with Crippen LogP contribution in [-0.4, -0.2) is 25.0 Å². The summed E-state index contributed by atoms with van der Waals surface area (Å²) in [6, 6.07) is 13.3. The quantitative estimate of drug-likeness (QED) is 0.612. The molecule has 2 aromatic carbocycles. The Hall–Kier alpha value is -3.02. The summed E-state index contributed by atoms with van der Waals surface area (Å²) in [5.41, 5.74) is 4.45. The molecule has 0 spiro atoms. The van der Waals surface area contributed by atoms with E-state index in [9.17, 15) is 4.79 Å². The van der Waals surface area contributed by atoms with Crippen LogP contribution in [0.3, 0.4) is 0 Å². The van der Waals surface area contributed by atoms with Crippen molar-refractivity contribution in [3.05, 3.63) is 53.6 Å². The number of ether oxygens (including phenoxy) is 3. The Morgan fingerprint density at radius 3 is 2.73 bits per heavy atom. The summed E-state index contributed by atoms with van der Waals surface area (Å²) in [7, 11) is 0. The number of hydrogen-bond acceptors (Lipinski definition) is 5. The first-order valence-corrected chi connectivity index (χ1v) is 8.57. The molecule has 1 aliphatic rings. The number of nitrogens with one attached hydrogen (secondary N) is 1. The van der Waals surface area contributed by atoms with Crippen molar-refractivity contribution in [3.63, 3.8) is 0 Å². The number of aryl methyl sites for hydroxylation is 1. The molecule has 1 N–H and O–H groups in total. The van der Waals surface area contributed by atoms with E-state index < -0.39 is 0 Å². The van der Waals surface area contributed by atoms with E-state index in [1.807, 2.05) is 56.3 Å². The second-order valence-corrected chi connectivity index (χ2v) is 6.22. The van der Waals surface area contributed by atoms with Crippen molar-refractivity contribution in [2.24, 2.45) is 5.10 Å². The van der Waals surface area contributed by atoms with E-state index in [0.29, 0.717) is 18.6 Å². The molecule has 0 unspecified atom stereocenters. The maximum Gasteiger partial charge on any atom is 0.240 e. The van der Waals surface area contributed by atoms with Crippen LogP contribution in [0.25, 0.3) is 0 Å². The van der Waals surface area contributed by atoms with Crippen LogP contribution in [0.1, 0.15) is 31.4 Å². The standard InChI is InChI=1S/C20H22N2O4/c1-14(2)26-17-7-3-15(4-8-17)6-10-20(23)22-21-12-16-5-9-18-19(11-16)25-13-24-18/h3-5,7-9,11-12,14H,6,10,13H2,1-2H3,(H,22,23). The summed E-state index contributed by atoms with van der Waals surface area (Å²) in [5.74, 6) is 2.10. The molecular formula is C20H22N2O4. The molecule has 1 heterocycles. The summed E-state index contributed by atoms with van der Waals surface area (Å²) in [6.07, 6.45) is 2.74.